The van der Waals surface area contributed by atoms with Crippen molar-refractivity contribution in [1.29, 1.82) is 0 Å². The molecule has 156 valence electrons. The Kier molecular flexibility index (Phi) is 8.00. The third-order valence-electron chi connectivity index (χ3n) is 4.63. The number of rotatable bonds is 7. The summed E-state index contributed by atoms with van der Waals surface area (Å²) >= 11 is 0. The summed E-state index contributed by atoms with van der Waals surface area (Å²) in [6.07, 6.45) is 2.88. The van der Waals surface area contributed by atoms with Gasteiger partial charge in [-0.2, -0.15) is 4.31 Å². The molecule has 1 fully saturated rings. The lowest BCUT2D eigenvalue weighted by Gasteiger charge is -2.20. The highest BCUT2D eigenvalue weighted by Crippen LogP contribution is 2.21. The summed E-state index contributed by atoms with van der Waals surface area (Å²) in [4.78, 5) is 24.3. The fourth-order valence-corrected chi connectivity index (χ4v) is 4.44. The molecule has 1 saturated heterocycles. The molecule has 2 rings (SSSR count). The smallest absolute Gasteiger partial charge is 0.338 e. The number of benzene rings is 1. The molecule has 1 unspecified atom stereocenters. The maximum atomic E-state index is 12.8. The van der Waals surface area contributed by atoms with Gasteiger partial charge in [0.1, 0.15) is 0 Å². The number of carbonyl (C=O) groups is 2. The summed E-state index contributed by atoms with van der Waals surface area (Å²) < 4.78 is 32.2. The van der Waals surface area contributed by atoms with Crippen LogP contribution in [0.3, 0.4) is 0 Å². The van der Waals surface area contributed by atoms with Gasteiger partial charge in [0, 0.05) is 19.6 Å². The van der Waals surface area contributed by atoms with Crippen LogP contribution >= 0.6 is 0 Å². The number of carbonyl (C=O) groups excluding carboxylic acids is 2. The van der Waals surface area contributed by atoms with Crippen LogP contribution in [0.2, 0.25) is 0 Å². The largest absolute Gasteiger partial charge is 0.449 e. The molecule has 1 heterocycles. The van der Waals surface area contributed by atoms with Crippen LogP contribution in [0.5, 0.6) is 0 Å². The zero-order chi connectivity index (χ0) is 20.7. The second-order valence-electron chi connectivity index (χ2n) is 7.53. The van der Waals surface area contributed by atoms with Gasteiger partial charge in [-0.3, -0.25) is 4.79 Å². The van der Waals surface area contributed by atoms with Crippen molar-refractivity contribution >= 4 is 21.9 Å². The molecule has 0 aromatic heterocycles. The summed E-state index contributed by atoms with van der Waals surface area (Å²) in [5, 5.41) is 2.71. The molecule has 0 saturated carbocycles. The van der Waals surface area contributed by atoms with Crippen molar-refractivity contribution in [2.45, 2.75) is 57.5 Å². The van der Waals surface area contributed by atoms with Crippen molar-refractivity contribution in [3.05, 3.63) is 29.8 Å². The zero-order valence-electron chi connectivity index (χ0n) is 16.8. The molecule has 1 atom stereocenters. The molecule has 0 aliphatic carbocycles. The molecular weight excluding hydrogens is 380 g/mol. The Morgan fingerprint density at radius 3 is 2.14 bits per heavy atom. The summed E-state index contributed by atoms with van der Waals surface area (Å²) in [7, 11) is -3.56. The lowest BCUT2D eigenvalue weighted by Crippen LogP contribution is -2.37. The van der Waals surface area contributed by atoms with Crippen LogP contribution in [0, 0.1) is 5.92 Å². The van der Waals surface area contributed by atoms with Crippen LogP contribution in [0.15, 0.2) is 29.2 Å². The number of hydrogen-bond acceptors (Lipinski definition) is 5. The second kappa shape index (κ2) is 10.0. The van der Waals surface area contributed by atoms with E-state index < -0.39 is 22.1 Å². The van der Waals surface area contributed by atoms with Gasteiger partial charge in [0.15, 0.2) is 6.10 Å². The summed E-state index contributed by atoms with van der Waals surface area (Å²) in [6, 6.07) is 5.68. The van der Waals surface area contributed by atoms with Crippen molar-refractivity contribution in [3.63, 3.8) is 0 Å². The molecular formula is C20H30N2O5S. The van der Waals surface area contributed by atoms with Crippen molar-refractivity contribution in [3.8, 4) is 0 Å². The highest BCUT2D eigenvalue weighted by molar-refractivity contribution is 7.89. The first-order chi connectivity index (χ1) is 13.2. The summed E-state index contributed by atoms with van der Waals surface area (Å²) in [5.74, 6) is -0.723. The van der Waals surface area contributed by atoms with Crippen LogP contribution in [0.4, 0.5) is 0 Å². The average Bonchev–Trinajstić information content (AvgIpc) is 2.96. The van der Waals surface area contributed by atoms with Crippen LogP contribution in [0.25, 0.3) is 0 Å². The van der Waals surface area contributed by atoms with Gasteiger partial charge in [-0.25, -0.2) is 13.2 Å². The maximum absolute atomic E-state index is 12.8. The van der Waals surface area contributed by atoms with Crippen LogP contribution < -0.4 is 5.32 Å². The number of nitrogens with zero attached hydrogens (tertiary/aromatic N) is 1. The molecule has 8 heteroatoms. The van der Waals surface area contributed by atoms with Gasteiger partial charge < -0.3 is 10.1 Å². The van der Waals surface area contributed by atoms with Gasteiger partial charge in [-0.1, -0.05) is 26.7 Å². The zero-order valence-corrected chi connectivity index (χ0v) is 17.6. The predicted molar refractivity (Wildman–Crippen MR) is 106 cm³/mol. The molecule has 1 aromatic carbocycles. The van der Waals surface area contributed by atoms with Crippen molar-refractivity contribution in [2.24, 2.45) is 5.92 Å². The van der Waals surface area contributed by atoms with E-state index in [9.17, 15) is 18.0 Å². The number of ether oxygens (including phenoxy) is 1. The third-order valence-corrected chi connectivity index (χ3v) is 6.54. The van der Waals surface area contributed by atoms with Gasteiger partial charge in [-0.15, -0.1) is 0 Å². The van der Waals surface area contributed by atoms with E-state index in [0.717, 1.165) is 25.7 Å². The Bertz CT molecular complexity index is 766. The van der Waals surface area contributed by atoms with E-state index in [1.54, 1.807) is 0 Å². The Morgan fingerprint density at radius 1 is 1.04 bits per heavy atom. The Morgan fingerprint density at radius 2 is 1.61 bits per heavy atom. The van der Waals surface area contributed by atoms with E-state index >= 15 is 0 Å². The summed E-state index contributed by atoms with van der Waals surface area (Å²) in [5.41, 5.74) is 0.207. The molecule has 0 spiro atoms. The number of hydrogen-bond donors (Lipinski definition) is 1. The van der Waals surface area contributed by atoms with E-state index in [-0.39, 0.29) is 16.4 Å². The highest BCUT2D eigenvalue weighted by atomic mass is 32.2. The SMILES string of the molecule is CC(C)CNC(=O)C(C)OC(=O)c1ccc(S(=O)(=O)N2CCCCCC2)cc1. The standard InChI is InChI=1S/C20H30N2O5S/c1-15(2)14-21-19(23)16(3)27-20(24)17-8-10-18(11-9-17)28(25,26)22-12-6-4-5-7-13-22/h8-11,15-16H,4-7,12-14H2,1-3H3,(H,21,23). The van der Waals surface area contributed by atoms with E-state index in [1.165, 1.54) is 35.5 Å². The normalized spacial score (nSPS) is 17.0. The van der Waals surface area contributed by atoms with Gasteiger partial charge in [0.05, 0.1) is 10.5 Å². The van der Waals surface area contributed by atoms with E-state index in [1.807, 2.05) is 13.8 Å². The highest BCUT2D eigenvalue weighted by Gasteiger charge is 2.25. The molecule has 28 heavy (non-hydrogen) atoms. The maximum Gasteiger partial charge on any atom is 0.338 e. The fraction of sp³-hybridized carbons (Fsp3) is 0.600. The van der Waals surface area contributed by atoms with Crippen molar-refractivity contribution < 1.29 is 22.7 Å². The van der Waals surface area contributed by atoms with Crippen LogP contribution in [-0.4, -0.2) is 50.3 Å². The lowest BCUT2D eigenvalue weighted by atomic mass is 10.2. The molecule has 1 aromatic rings. The van der Waals surface area contributed by atoms with Crippen LogP contribution in [-0.2, 0) is 19.6 Å². The Hall–Kier alpha value is -1.93. The number of amides is 1. The molecule has 0 radical (unpaired) electrons. The van der Waals surface area contributed by atoms with E-state index in [2.05, 4.69) is 5.32 Å². The molecule has 0 bridgehead atoms. The minimum atomic E-state index is -3.56. The van der Waals surface area contributed by atoms with Crippen LogP contribution in [0.1, 0.15) is 56.8 Å². The van der Waals surface area contributed by atoms with Crippen molar-refractivity contribution in [1.82, 2.24) is 9.62 Å². The molecule has 1 amide bonds. The molecule has 7 nitrogen and oxygen atoms in total. The number of nitrogens with one attached hydrogen (secondary N) is 1. The summed E-state index contributed by atoms with van der Waals surface area (Å²) in [6.45, 7) is 7.00. The first kappa shape index (κ1) is 22.4. The molecule has 1 aliphatic heterocycles. The lowest BCUT2D eigenvalue weighted by molar-refractivity contribution is -0.129. The predicted octanol–water partition coefficient (Wildman–Crippen LogP) is 2.57. The van der Waals surface area contributed by atoms with Crippen molar-refractivity contribution in [2.75, 3.05) is 19.6 Å². The first-order valence-electron chi connectivity index (χ1n) is 9.80. The topological polar surface area (TPSA) is 92.8 Å². The number of sulfonamides is 1. The van der Waals surface area contributed by atoms with Gasteiger partial charge in [0.2, 0.25) is 10.0 Å². The minimum absolute atomic E-state index is 0.161. The molecule has 1 N–H and O–H groups in total. The quantitative estimate of drug-likeness (QED) is 0.698. The van der Waals surface area contributed by atoms with Gasteiger partial charge in [-0.05, 0) is 49.9 Å². The van der Waals surface area contributed by atoms with Gasteiger partial charge >= 0.3 is 5.97 Å². The minimum Gasteiger partial charge on any atom is -0.449 e. The van der Waals surface area contributed by atoms with Gasteiger partial charge in [0.25, 0.3) is 5.91 Å². The Labute approximate surface area is 167 Å². The molecule has 1 aliphatic rings. The average molecular weight is 411 g/mol. The van der Waals surface area contributed by atoms with E-state index in [0.29, 0.717) is 25.6 Å². The number of esters is 1. The third kappa shape index (κ3) is 6.04. The fourth-order valence-electron chi connectivity index (χ4n) is 2.92. The van der Waals surface area contributed by atoms with E-state index in [4.69, 9.17) is 4.74 Å². The monoisotopic (exact) mass is 410 g/mol. The Balaban J connectivity index is 2.01. The first-order valence-corrected chi connectivity index (χ1v) is 11.2. The second-order valence-corrected chi connectivity index (χ2v) is 9.47.